The molecule has 1 amide bonds. The molecule has 112 valence electrons. The van der Waals surface area contributed by atoms with Crippen LogP contribution in [0.2, 0.25) is 0 Å². The third kappa shape index (κ3) is 2.86. The molecule has 0 saturated carbocycles. The number of hydrogen-bond acceptors (Lipinski definition) is 3. The van der Waals surface area contributed by atoms with Gasteiger partial charge in [0.15, 0.2) is 0 Å². The highest BCUT2D eigenvalue weighted by atomic mass is 16.3. The second kappa shape index (κ2) is 6.02. The first-order valence-electron chi connectivity index (χ1n) is 7.38. The van der Waals surface area contributed by atoms with Crippen molar-refractivity contribution in [2.75, 3.05) is 5.32 Å². The summed E-state index contributed by atoms with van der Waals surface area (Å²) >= 11 is 0. The summed E-state index contributed by atoms with van der Waals surface area (Å²) in [5, 5.41) is 3.83. The van der Waals surface area contributed by atoms with Crippen LogP contribution in [0.1, 0.15) is 23.6 Å². The Morgan fingerprint density at radius 3 is 2.95 bits per heavy atom. The van der Waals surface area contributed by atoms with Gasteiger partial charge in [-0.25, -0.2) is 4.98 Å². The molecule has 0 unspecified atom stereocenters. The molecule has 4 heteroatoms. The molecule has 3 rings (SSSR count). The number of amides is 1. The van der Waals surface area contributed by atoms with Gasteiger partial charge in [-0.1, -0.05) is 25.1 Å². The average molecular weight is 294 g/mol. The van der Waals surface area contributed by atoms with Crippen LogP contribution in [-0.2, 0) is 17.6 Å². The Kier molecular flexibility index (Phi) is 3.92. The number of benzene rings is 1. The molecule has 2 heterocycles. The maximum absolute atomic E-state index is 12.2. The van der Waals surface area contributed by atoms with Crippen LogP contribution in [0.3, 0.4) is 0 Å². The monoisotopic (exact) mass is 294 g/mol. The van der Waals surface area contributed by atoms with E-state index in [4.69, 9.17) is 4.42 Å². The van der Waals surface area contributed by atoms with Gasteiger partial charge in [-0.3, -0.25) is 4.79 Å². The molecule has 0 radical (unpaired) electrons. The van der Waals surface area contributed by atoms with E-state index in [1.807, 2.05) is 31.2 Å². The lowest BCUT2D eigenvalue weighted by Gasteiger charge is -2.06. The van der Waals surface area contributed by atoms with Gasteiger partial charge in [0.2, 0.25) is 5.91 Å². The number of furan rings is 1. The van der Waals surface area contributed by atoms with Crippen LogP contribution in [0.15, 0.2) is 47.2 Å². The van der Waals surface area contributed by atoms with Crippen molar-refractivity contribution in [1.29, 1.82) is 0 Å². The normalized spacial score (nSPS) is 10.8. The van der Waals surface area contributed by atoms with Gasteiger partial charge < -0.3 is 9.73 Å². The Morgan fingerprint density at radius 2 is 2.18 bits per heavy atom. The first-order chi connectivity index (χ1) is 10.7. The molecule has 4 nitrogen and oxygen atoms in total. The van der Waals surface area contributed by atoms with Crippen molar-refractivity contribution in [3.05, 3.63) is 59.5 Å². The largest absolute Gasteiger partial charge is 0.464 e. The van der Waals surface area contributed by atoms with Crippen LogP contribution in [0.4, 0.5) is 5.82 Å². The second-order valence-corrected chi connectivity index (χ2v) is 5.34. The lowest BCUT2D eigenvalue weighted by Crippen LogP contribution is -2.15. The Bertz CT molecular complexity index is 821. The van der Waals surface area contributed by atoms with E-state index >= 15 is 0 Å². The summed E-state index contributed by atoms with van der Waals surface area (Å²) in [6.07, 6.45) is 4.57. The number of carbonyl (C=O) groups excluding carboxylic acids is 1. The first-order valence-corrected chi connectivity index (χ1v) is 7.38. The van der Waals surface area contributed by atoms with Crippen molar-refractivity contribution in [3.63, 3.8) is 0 Å². The predicted octanol–water partition coefficient (Wildman–Crippen LogP) is 3.88. The maximum atomic E-state index is 12.2. The number of aryl methyl sites for hydroxylation is 2. The number of aromatic nitrogens is 1. The molecule has 0 bridgehead atoms. The molecule has 3 aromatic rings. The third-order valence-electron chi connectivity index (χ3n) is 3.75. The van der Waals surface area contributed by atoms with Crippen LogP contribution in [0.5, 0.6) is 0 Å². The Balaban J connectivity index is 1.78. The van der Waals surface area contributed by atoms with Crippen molar-refractivity contribution >= 4 is 22.7 Å². The fourth-order valence-electron chi connectivity index (χ4n) is 2.45. The number of pyridine rings is 1. The SMILES string of the molecule is CCc1ccc2c(CC(=O)Nc3ncccc3C)coc2c1. The molecule has 0 aliphatic heterocycles. The first kappa shape index (κ1) is 14.3. The number of carbonyl (C=O) groups is 1. The van der Waals surface area contributed by atoms with Gasteiger partial charge in [0.1, 0.15) is 11.4 Å². The van der Waals surface area contributed by atoms with Crippen molar-refractivity contribution in [2.45, 2.75) is 26.7 Å². The lowest BCUT2D eigenvalue weighted by atomic mass is 10.1. The summed E-state index contributed by atoms with van der Waals surface area (Å²) < 4.78 is 5.57. The van der Waals surface area contributed by atoms with Gasteiger partial charge >= 0.3 is 0 Å². The lowest BCUT2D eigenvalue weighted by molar-refractivity contribution is -0.115. The van der Waals surface area contributed by atoms with Gasteiger partial charge in [0.25, 0.3) is 0 Å². The Labute approximate surface area is 129 Å². The molecule has 0 aliphatic carbocycles. The molecule has 1 N–H and O–H groups in total. The summed E-state index contributed by atoms with van der Waals surface area (Å²) in [5.74, 6) is 0.512. The molecule has 0 spiro atoms. The number of hydrogen-bond donors (Lipinski definition) is 1. The molecule has 2 aromatic heterocycles. The summed E-state index contributed by atoms with van der Waals surface area (Å²) in [4.78, 5) is 16.4. The smallest absolute Gasteiger partial charge is 0.230 e. The summed E-state index contributed by atoms with van der Waals surface area (Å²) in [6.45, 7) is 4.02. The van der Waals surface area contributed by atoms with E-state index < -0.39 is 0 Å². The van der Waals surface area contributed by atoms with Crippen LogP contribution >= 0.6 is 0 Å². The fraction of sp³-hybridized carbons (Fsp3) is 0.222. The van der Waals surface area contributed by atoms with Gasteiger partial charge in [0, 0.05) is 17.1 Å². The summed E-state index contributed by atoms with van der Waals surface area (Å²) in [5.41, 5.74) is 3.89. The zero-order chi connectivity index (χ0) is 15.5. The molecule has 22 heavy (non-hydrogen) atoms. The Morgan fingerprint density at radius 1 is 1.32 bits per heavy atom. The van der Waals surface area contributed by atoms with E-state index in [1.54, 1.807) is 12.5 Å². The van der Waals surface area contributed by atoms with Gasteiger partial charge in [-0.05, 0) is 36.6 Å². The van der Waals surface area contributed by atoms with Crippen LogP contribution in [0, 0.1) is 6.92 Å². The highest BCUT2D eigenvalue weighted by molar-refractivity contribution is 5.95. The van der Waals surface area contributed by atoms with Crippen LogP contribution < -0.4 is 5.32 Å². The number of rotatable bonds is 4. The van der Waals surface area contributed by atoms with E-state index in [9.17, 15) is 4.79 Å². The zero-order valence-corrected chi connectivity index (χ0v) is 12.7. The fourth-order valence-corrected chi connectivity index (χ4v) is 2.45. The highest BCUT2D eigenvalue weighted by Crippen LogP contribution is 2.23. The number of fused-ring (bicyclic) bond motifs is 1. The standard InChI is InChI=1S/C18H18N2O2/c1-3-13-6-7-15-14(11-22-16(15)9-13)10-17(21)20-18-12(2)5-4-8-19-18/h4-9,11H,3,10H2,1-2H3,(H,19,20,21). The molecular weight excluding hydrogens is 276 g/mol. The second-order valence-electron chi connectivity index (χ2n) is 5.34. The van der Waals surface area contributed by atoms with Crippen molar-refractivity contribution in [1.82, 2.24) is 4.98 Å². The van der Waals surface area contributed by atoms with Gasteiger partial charge in [0.05, 0.1) is 12.7 Å². The molecular formula is C18H18N2O2. The molecule has 0 fully saturated rings. The minimum atomic E-state index is -0.0935. The predicted molar refractivity (Wildman–Crippen MR) is 86.9 cm³/mol. The Hall–Kier alpha value is -2.62. The van der Waals surface area contributed by atoms with Crippen LogP contribution in [0.25, 0.3) is 11.0 Å². The van der Waals surface area contributed by atoms with E-state index in [-0.39, 0.29) is 12.3 Å². The number of nitrogens with zero attached hydrogens (tertiary/aromatic N) is 1. The summed E-state index contributed by atoms with van der Waals surface area (Å²) in [7, 11) is 0. The van der Waals surface area contributed by atoms with E-state index in [1.165, 1.54) is 5.56 Å². The average Bonchev–Trinajstić information content (AvgIpc) is 2.91. The van der Waals surface area contributed by atoms with Gasteiger partial charge in [-0.15, -0.1) is 0 Å². The van der Waals surface area contributed by atoms with Crippen molar-refractivity contribution < 1.29 is 9.21 Å². The zero-order valence-electron chi connectivity index (χ0n) is 12.7. The van der Waals surface area contributed by atoms with E-state index in [0.29, 0.717) is 5.82 Å². The van der Waals surface area contributed by atoms with E-state index in [0.717, 1.165) is 28.5 Å². The molecule has 1 aromatic carbocycles. The molecule has 0 saturated heterocycles. The quantitative estimate of drug-likeness (QED) is 0.794. The molecule has 0 atom stereocenters. The van der Waals surface area contributed by atoms with Crippen LogP contribution in [-0.4, -0.2) is 10.9 Å². The summed E-state index contributed by atoms with van der Waals surface area (Å²) in [6, 6.07) is 9.89. The topological polar surface area (TPSA) is 55.1 Å². The maximum Gasteiger partial charge on any atom is 0.230 e. The molecule has 0 aliphatic rings. The minimum absolute atomic E-state index is 0.0935. The van der Waals surface area contributed by atoms with Crippen molar-refractivity contribution in [2.24, 2.45) is 0 Å². The third-order valence-corrected chi connectivity index (χ3v) is 3.75. The highest BCUT2D eigenvalue weighted by Gasteiger charge is 2.12. The minimum Gasteiger partial charge on any atom is -0.464 e. The van der Waals surface area contributed by atoms with Gasteiger partial charge in [-0.2, -0.15) is 0 Å². The number of nitrogens with one attached hydrogen (secondary N) is 1. The van der Waals surface area contributed by atoms with E-state index in [2.05, 4.69) is 23.3 Å². The number of anilines is 1. The van der Waals surface area contributed by atoms with Crippen molar-refractivity contribution in [3.8, 4) is 0 Å².